The number of benzene rings is 3. The summed E-state index contributed by atoms with van der Waals surface area (Å²) in [5, 5.41) is 8.63. The molecule has 3 aromatic carbocycles. The molecule has 1 amide bonds. The number of nitrogens with zero attached hydrogens (tertiary/aromatic N) is 3. The Kier molecular flexibility index (Phi) is 6.86. The van der Waals surface area contributed by atoms with Gasteiger partial charge in [-0.3, -0.25) is 9.48 Å². The number of hydrogen-bond donors (Lipinski definition) is 1. The zero-order valence-corrected chi connectivity index (χ0v) is 19.3. The van der Waals surface area contributed by atoms with Gasteiger partial charge < -0.3 is 15.0 Å². The second kappa shape index (κ2) is 10.5. The highest BCUT2D eigenvalue weighted by Crippen LogP contribution is 2.22. The van der Waals surface area contributed by atoms with Crippen molar-refractivity contribution >= 4 is 22.5 Å². The number of amides is 1. The van der Waals surface area contributed by atoms with Crippen molar-refractivity contribution in [1.82, 2.24) is 14.7 Å². The second-order valence-corrected chi connectivity index (χ2v) is 8.83. The van der Waals surface area contributed by atoms with Crippen molar-refractivity contribution in [2.45, 2.75) is 32.2 Å². The summed E-state index contributed by atoms with van der Waals surface area (Å²) < 4.78 is 7.88. The van der Waals surface area contributed by atoms with Gasteiger partial charge in [-0.25, -0.2) is 0 Å². The van der Waals surface area contributed by atoms with E-state index in [0.29, 0.717) is 6.42 Å². The summed E-state index contributed by atoms with van der Waals surface area (Å²) in [4.78, 5) is 15.1. The predicted molar refractivity (Wildman–Crippen MR) is 135 cm³/mol. The maximum atomic E-state index is 12.6. The van der Waals surface area contributed by atoms with Gasteiger partial charge in [0.15, 0.2) is 0 Å². The van der Waals surface area contributed by atoms with Crippen LogP contribution in [-0.2, 0) is 17.8 Å². The number of hydrogen-bond acceptors (Lipinski definition) is 4. The molecule has 0 spiro atoms. The van der Waals surface area contributed by atoms with E-state index in [-0.39, 0.29) is 5.91 Å². The van der Waals surface area contributed by atoms with Gasteiger partial charge in [0.2, 0.25) is 5.91 Å². The molecule has 1 aromatic heterocycles. The standard InChI is InChI=1S/C28H30N4O2/c33-28(19-22-9-12-26(13-10-22)34-25-7-3-1-4-8-25)30-24-11-14-27-23(20-24)21-29-32(27)18-17-31-15-5-2-6-16-31/h1,3-4,7-14,20-21H,2,5-6,15-19H2,(H,30,33). The van der Waals surface area contributed by atoms with E-state index in [1.54, 1.807) is 0 Å². The summed E-state index contributed by atoms with van der Waals surface area (Å²) in [5.74, 6) is 1.49. The SMILES string of the molecule is O=C(Cc1ccc(Oc2ccccc2)cc1)Nc1ccc2c(cnn2CCN2CCCCC2)c1. The normalized spacial score (nSPS) is 14.2. The number of nitrogens with one attached hydrogen (secondary N) is 1. The molecule has 6 nitrogen and oxygen atoms in total. The van der Waals surface area contributed by atoms with Gasteiger partial charge in [0.05, 0.1) is 24.7 Å². The molecule has 0 radical (unpaired) electrons. The number of likely N-dealkylation sites (tertiary alicyclic amines) is 1. The Morgan fingerprint density at radius 2 is 1.65 bits per heavy atom. The van der Waals surface area contributed by atoms with Crippen molar-refractivity contribution in [3.8, 4) is 11.5 Å². The largest absolute Gasteiger partial charge is 0.457 e. The van der Waals surface area contributed by atoms with Crippen molar-refractivity contribution < 1.29 is 9.53 Å². The van der Waals surface area contributed by atoms with E-state index in [2.05, 4.69) is 20.0 Å². The highest BCUT2D eigenvalue weighted by atomic mass is 16.5. The Balaban J connectivity index is 1.16. The van der Waals surface area contributed by atoms with E-state index in [1.807, 2.05) is 79.0 Å². The van der Waals surface area contributed by atoms with Gasteiger partial charge >= 0.3 is 0 Å². The molecule has 1 saturated heterocycles. The quantitative estimate of drug-likeness (QED) is 0.382. The van der Waals surface area contributed by atoms with Crippen molar-refractivity contribution in [2.24, 2.45) is 0 Å². The first kappa shape index (κ1) is 22.2. The molecule has 174 valence electrons. The first-order valence-corrected chi connectivity index (χ1v) is 12.0. The van der Waals surface area contributed by atoms with E-state index >= 15 is 0 Å². The third-order valence-electron chi connectivity index (χ3n) is 6.27. The van der Waals surface area contributed by atoms with Gasteiger partial charge in [-0.15, -0.1) is 0 Å². The Hall–Kier alpha value is -3.64. The minimum Gasteiger partial charge on any atom is -0.457 e. The van der Waals surface area contributed by atoms with E-state index in [9.17, 15) is 4.79 Å². The number of para-hydroxylation sites is 1. The molecule has 1 aliphatic rings. The van der Waals surface area contributed by atoms with Crippen molar-refractivity contribution in [3.63, 3.8) is 0 Å². The van der Waals surface area contributed by atoms with E-state index in [1.165, 1.54) is 32.4 Å². The maximum absolute atomic E-state index is 12.6. The number of piperidine rings is 1. The average Bonchev–Trinajstić information content (AvgIpc) is 3.27. The number of carbonyl (C=O) groups is 1. The molecule has 1 fully saturated rings. The predicted octanol–water partition coefficient (Wildman–Crippen LogP) is 5.50. The summed E-state index contributed by atoms with van der Waals surface area (Å²) in [5.41, 5.74) is 2.82. The molecule has 34 heavy (non-hydrogen) atoms. The Bertz CT molecular complexity index is 1230. The van der Waals surface area contributed by atoms with Gasteiger partial charge in [0.1, 0.15) is 11.5 Å². The third-order valence-corrected chi connectivity index (χ3v) is 6.27. The lowest BCUT2D eigenvalue weighted by molar-refractivity contribution is -0.115. The van der Waals surface area contributed by atoms with Gasteiger partial charge in [0.25, 0.3) is 0 Å². The number of anilines is 1. The van der Waals surface area contributed by atoms with Crippen LogP contribution in [0.5, 0.6) is 11.5 Å². The molecule has 0 saturated carbocycles. The van der Waals surface area contributed by atoms with E-state index in [4.69, 9.17) is 4.74 Å². The minimum atomic E-state index is -0.0476. The van der Waals surface area contributed by atoms with Crippen LogP contribution in [0.25, 0.3) is 10.9 Å². The lowest BCUT2D eigenvalue weighted by Crippen LogP contribution is -2.32. The van der Waals surface area contributed by atoms with E-state index < -0.39 is 0 Å². The van der Waals surface area contributed by atoms with Crippen molar-refractivity contribution in [2.75, 3.05) is 25.0 Å². The second-order valence-electron chi connectivity index (χ2n) is 8.83. The number of fused-ring (bicyclic) bond motifs is 1. The van der Waals surface area contributed by atoms with Crippen LogP contribution in [0.1, 0.15) is 24.8 Å². The Morgan fingerprint density at radius 3 is 2.44 bits per heavy atom. The van der Waals surface area contributed by atoms with Crippen LogP contribution in [0.4, 0.5) is 5.69 Å². The number of ether oxygens (including phenoxy) is 1. The zero-order valence-electron chi connectivity index (χ0n) is 19.3. The summed E-state index contributed by atoms with van der Waals surface area (Å²) >= 11 is 0. The Labute approximate surface area is 200 Å². The molecule has 6 heteroatoms. The molecular weight excluding hydrogens is 424 g/mol. The first-order valence-electron chi connectivity index (χ1n) is 12.0. The highest BCUT2D eigenvalue weighted by Gasteiger charge is 2.12. The number of rotatable bonds is 8. The molecule has 0 aliphatic carbocycles. The minimum absolute atomic E-state index is 0.0476. The maximum Gasteiger partial charge on any atom is 0.228 e. The number of aromatic nitrogens is 2. The van der Waals surface area contributed by atoms with E-state index in [0.717, 1.165) is 46.7 Å². The summed E-state index contributed by atoms with van der Waals surface area (Å²) in [6.07, 6.45) is 6.14. The van der Waals surface area contributed by atoms with Gasteiger partial charge in [-0.05, 0) is 74.0 Å². The van der Waals surface area contributed by atoms with Gasteiger partial charge in [-0.2, -0.15) is 5.10 Å². The first-order chi connectivity index (χ1) is 16.7. The van der Waals surface area contributed by atoms with Crippen molar-refractivity contribution in [1.29, 1.82) is 0 Å². The average molecular weight is 455 g/mol. The summed E-state index contributed by atoms with van der Waals surface area (Å²) in [7, 11) is 0. The van der Waals surface area contributed by atoms with Crippen LogP contribution < -0.4 is 10.1 Å². The monoisotopic (exact) mass is 454 g/mol. The third kappa shape index (κ3) is 5.64. The zero-order chi connectivity index (χ0) is 23.2. The van der Waals surface area contributed by atoms with Gasteiger partial charge in [-0.1, -0.05) is 36.8 Å². The molecular formula is C28H30N4O2. The molecule has 0 bridgehead atoms. The Morgan fingerprint density at radius 1 is 0.882 bits per heavy atom. The smallest absolute Gasteiger partial charge is 0.228 e. The van der Waals surface area contributed by atoms with Crippen LogP contribution >= 0.6 is 0 Å². The van der Waals surface area contributed by atoms with Crippen LogP contribution in [-0.4, -0.2) is 40.2 Å². The molecule has 0 atom stereocenters. The number of carbonyl (C=O) groups excluding carboxylic acids is 1. The van der Waals surface area contributed by atoms with Gasteiger partial charge in [0, 0.05) is 17.6 Å². The lowest BCUT2D eigenvalue weighted by Gasteiger charge is -2.26. The molecule has 4 aromatic rings. The highest BCUT2D eigenvalue weighted by molar-refractivity contribution is 5.94. The molecule has 0 unspecified atom stereocenters. The molecule has 1 N–H and O–H groups in total. The lowest BCUT2D eigenvalue weighted by atomic mass is 10.1. The summed E-state index contributed by atoms with van der Waals surface area (Å²) in [6.45, 7) is 4.31. The van der Waals surface area contributed by atoms with Crippen LogP contribution in [0.3, 0.4) is 0 Å². The van der Waals surface area contributed by atoms with Crippen molar-refractivity contribution in [3.05, 3.63) is 84.6 Å². The molecule has 2 heterocycles. The fourth-order valence-electron chi connectivity index (χ4n) is 4.45. The fourth-order valence-corrected chi connectivity index (χ4v) is 4.45. The van der Waals surface area contributed by atoms with Crippen LogP contribution in [0, 0.1) is 0 Å². The topological polar surface area (TPSA) is 59.4 Å². The summed E-state index contributed by atoms with van der Waals surface area (Å²) in [6, 6.07) is 23.3. The fraction of sp³-hybridized carbons (Fsp3) is 0.286. The van der Waals surface area contributed by atoms with Crippen LogP contribution in [0.15, 0.2) is 79.0 Å². The molecule has 5 rings (SSSR count). The van der Waals surface area contributed by atoms with Crippen LogP contribution in [0.2, 0.25) is 0 Å². The molecule has 1 aliphatic heterocycles.